The van der Waals surface area contributed by atoms with Gasteiger partial charge in [-0.15, -0.1) is 0 Å². The van der Waals surface area contributed by atoms with Crippen LogP contribution in [0.4, 0.5) is 28.7 Å². The molecule has 0 radical (unpaired) electrons. The largest absolute Gasteiger partial charge is 0.355 e. The Balaban J connectivity index is 1.86. The second-order valence-corrected chi connectivity index (χ2v) is 6.17. The number of aromatic nitrogens is 2. The Labute approximate surface area is 157 Å². The molecule has 25 heavy (non-hydrogen) atoms. The Hall–Kier alpha value is -2.95. The minimum absolute atomic E-state index is 0.0665. The van der Waals surface area contributed by atoms with Crippen LogP contribution in [0.2, 0.25) is 0 Å². The summed E-state index contributed by atoms with van der Waals surface area (Å²) in [4.78, 5) is 19.0. The third-order valence-electron chi connectivity index (χ3n) is 3.21. The van der Waals surface area contributed by atoms with Gasteiger partial charge in [0.15, 0.2) is 0 Å². The molecular formula is C16H13IN6O2. The molecule has 0 atom stereocenters. The molecule has 0 amide bonds. The van der Waals surface area contributed by atoms with Gasteiger partial charge in [-0.05, 0) is 59.0 Å². The van der Waals surface area contributed by atoms with E-state index in [0.29, 0.717) is 5.69 Å². The van der Waals surface area contributed by atoms with Crippen LogP contribution in [0.3, 0.4) is 0 Å². The van der Waals surface area contributed by atoms with Crippen LogP contribution in [0.1, 0.15) is 0 Å². The highest BCUT2D eigenvalue weighted by Crippen LogP contribution is 2.31. The van der Waals surface area contributed by atoms with Crippen molar-refractivity contribution in [1.82, 2.24) is 9.97 Å². The molecule has 0 unspecified atom stereocenters. The van der Waals surface area contributed by atoms with Gasteiger partial charge in [-0.1, -0.05) is 18.2 Å². The summed E-state index contributed by atoms with van der Waals surface area (Å²) in [5.74, 6) is 0.176. The van der Waals surface area contributed by atoms with Gasteiger partial charge in [0.1, 0.15) is 6.33 Å². The van der Waals surface area contributed by atoms with E-state index in [2.05, 4.69) is 48.7 Å². The van der Waals surface area contributed by atoms with E-state index >= 15 is 0 Å². The van der Waals surface area contributed by atoms with E-state index in [1.807, 2.05) is 54.6 Å². The molecule has 3 aromatic rings. The fourth-order valence-electron chi connectivity index (χ4n) is 2.06. The van der Waals surface area contributed by atoms with Crippen molar-refractivity contribution < 1.29 is 4.92 Å². The second kappa shape index (κ2) is 7.75. The number of benzene rings is 2. The number of para-hydroxylation sites is 1. The highest BCUT2D eigenvalue weighted by Gasteiger charge is 2.23. The summed E-state index contributed by atoms with van der Waals surface area (Å²) in [5.41, 5.74) is 6.85. The van der Waals surface area contributed by atoms with Crippen LogP contribution < -0.4 is 16.2 Å². The van der Waals surface area contributed by atoms with Gasteiger partial charge in [0.05, 0.1) is 10.6 Å². The summed E-state index contributed by atoms with van der Waals surface area (Å²) in [6.07, 6.45) is 1.26. The maximum absolute atomic E-state index is 11.5. The smallest absolute Gasteiger partial charge is 0.334 e. The number of anilines is 4. The fraction of sp³-hybridized carbons (Fsp3) is 0. The van der Waals surface area contributed by atoms with Gasteiger partial charge in [-0.25, -0.2) is 9.97 Å². The Morgan fingerprint density at radius 1 is 0.880 bits per heavy atom. The molecule has 9 heteroatoms. The molecule has 0 aliphatic carbocycles. The lowest BCUT2D eigenvalue weighted by Gasteiger charge is -2.11. The van der Waals surface area contributed by atoms with Crippen molar-refractivity contribution >= 4 is 51.3 Å². The van der Waals surface area contributed by atoms with Crippen LogP contribution in [0.5, 0.6) is 0 Å². The van der Waals surface area contributed by atoms with E-state index in [4.69, 9.17) is 0 Å². The summed E-state index contributed by atoms with van der Waals surface area (Å²) < 4.78 is 1.06. The lowest BCUT2D eigenvalue weighted by Crippen LogP contribution is -2.13. The second-order valence-electron chi connectivity index (χ2n) is 4.92. The average Bonchev–Trinajstić information content (AvgIpc) is 2.62. The van der Waals surface area contributed by atoms with Crippen molar-refractivity contribution in [2.24, 2.45) is 0 Å². The van der Waals surface area contributed by atoms with Crippen molar-refractivity contribution in [3.63, 3.8) is 0 Å². The van der Waals surface area contributed by atoms with Crippen LogP contribution in [0, 0.1) is 13.7 Å². The molecule has 1 aromatic heterocycles. The summed E-state index contributed by atoms with van der Waals surface area (Å²) in [7, 11) is 0. The lowest BCUT2D eigenvalue weighted by molar-refractivity contribution is -0.383. The molecule has 3 N–H and O–H groups in total. The molecule has 0 spiro atoms. The van der Waals surface area contributed by atoms with E-state index in [9.17, 15) is 10.1 Å². The summed E-state index contributed by atoms with van der Waals surface area (Å²) in [6, 6.07) is 16.7. The molecule has 0 aliphatic heterocycles. The van der Waals surface area contributed by atoms with Crippen molar-refractivity contribution in [2.45, 2.75) is 0 Å². The molecule has 3 rings (SSSR count). The first kappa shape index (κ1) is 16.9. The number of nitro groups is 1. The Kier molecular flexibility index (Phi) is 5.23. The molecule has 126 valence electrons. The average molecular weight is 448 g/mol. The van der Waals surface area contributed by atoms with E-state index in [0.717, 1.165) is 9.26 Å². The first-order chi connectivity index (χ1) is 12.1. The number of rotatable bonds is 6. The van der Waals surface area contributed by atoms with Crippen molar-refractivity contribution in [2.75, 3.05) is 16.2 Å². The van der Waals surface area contributed by atoms with Gasteiger partial charge in [0.25, 0.3) is 0 Å². The SMILES string of the molecule is O=[N+]([O-])c1c(NNc2ccccc2)ncnc1Nc1ccc(I)cc1. The predicted molar refractivity (Wildman–Crippen MR) is 105 cm³/mol. The molecule has 1 heterocycles. The van der Waals surface area contributed by atoms with Crippen LogP contribution in [-0.2, 0) is 0 Å². The number of hydrogen-bond donors (Lipinski definition) is 3. The van der Waals surface area contributed by atoms with Gasteiger partial charge in [-0.3, -0.25) is 21.0 Å². The number of halogens is 1. The number of hydrogen-bond acceptors (Lipinski definition) is 7. The molecule has 0 saturated heterocycles. The normalized spacial score (nSPS) is 10.1. The molecule has 8 nitrogen and oxygen atoms in total. The number of hydrazine groups is 1. The third kappa shape index (κ3) is 4.32. The van der Waals surface area contributed by atoms with Gasteiger partial charge in [0.2, 0.25) is 11.6 Å². The third-order valence-corrected chi connectivity index (χ3v) is 3.93. The lowest BCUT2D eigenvalue weighted by atomic mass is 10.3. The Morgan fingerprint density at radius 2 is 1.56 bits per heavy atom. The van der Waals surface area contributed by atoms with E-state index in [-0.39, 0.29) is 17.3 Å². The first-order valence-corrected chi connectivity index (χ1v) is 8.30. The highest BCUT2D eigenvalue weighted by molar-refractivity contribution is 14.1. The molecule has 2 aromatic carbocycles. The Morgan fingerprint density at radius 3 is 2.24 bits per heavy atom. The van der Waals surface area contributed by atoms with Gasteiger partial charge in [-0.2, -0.15) is 0 Å². The van der Waals surface area contributed by atoms with Gasteiger partial charge >= 0.3 is 5.69 Å². The van der Waals surface area contributed by atoms with E-state index in [1.54, 1.807) is 0 Å². The predicted octanol–water partition coefficient (Wildman–Crippen LogP) is 4.17. The Bertz CT molecular complexity index is 874. The summed E-state index contributed by atoms with van der Waals surface area (Å²) >= 11 is 2.19. The van der Waals surface area contributed by atoms with Crippen molar-refractivity contribution in [3.05, 3.63) is 74.6 Å². The van der Waals surface area contributed by atoms with Crippen LogP contribution >= 0.6 is 22.6 Å². The monoisotopic (exact) mass is 448 g/mol. The highest BCUT2D eigenvalue weighted by atomic mass is 127. The zero-order valence-electron chi connectivity index (χ0n) is 12.8. The standard InChI is InChI=1S/C16H13IN6O2/c17-11-6-8-12(9-7-11)20-15-14(23(24)25)16(19-10-18-15)22-21-13-4-2-1-3-5-13/h1-10,21H,(H2,18,19,20,22). The number of nitrogens with zero attached hydrogens (tertiary/aromatic N) is 3. The zero-order chi connectivity index (χ0) is 17.6. The van der Waals surface area contributed by atoms with Crippen molar-refractivity contribution in [3.8, 4) is 0 Å². The molecule has 0 fully saturated rings. The minimum atomic E-state index is -0.524. The van der Waals surface area contributed by atoms with Gasteiger partial charge < -0.3 is 5.32 Å². The van der Waals surface area contributed by atoms with E-state index < -0.39 is 4.92 Å². The van der Waals surface area contributed by atoms with Gasteiger partial charge in [0, 0.05) is 9.26 Å². The number of nitrogens with one attached hydrogen (secondary N) is 3. The maximum atomic E-state index is 11.5. The molecule has 0 bridgehead atoms. The summed E-state index contributed by atoms with van der Waals surface area (Å²) in [5, 5.41) is 14.5. The minimum Gasteiger partial charge on any atom is -0.334 e. The quantitative estimate of drug-likeness (QED) is 0.295. The summed E-state index contributed by atoms with van der Waals surface area (Å²) in [6.45, 7) is 0. The first-order valence-electron chi connectivity index (χ1n) is 7.22. The fourth-order valence-corrected chi connectivity index (χ4v) is 2.42. The van der Waals surface area contributed by atoms with Crippen molar-refractivity contribution in [1.29, 1.82) is 0 Å². The van der Waals surface area contributed by atoms with Crippen LogP contribution in [0.15, 0.2) is 60.9 Å². The van der Waals surface area contributed by atoms with Crippen LogP contribution in [-0.4, -0.2) is 14.9 Å². The van der Waals surface area contributed by atoms with E-state index in [1.165, 1.54) is 6.33 Å². The van der Waals surface area contributed by atoms with Crippen LogP contribution in [0.25, 0.3) is 0 Å². The topological polar surface area (TPSA) is 105 Å². The maximum Gasteiger partial charge on any atom is 0.355 e. The zero-order valence-corrected chi connectivity index (χ0v) is 15.0. The molecule has 0 saturated carbocycles. The molecule has 0 aliphatic rings. The molecular weight excluding hydrogens is 435 g/mol.